The Labute approximate surface area is 213 Å². The van der Waals surface area contributed by atoms with Gasteiger partial charge in [-0.1, -0.05) is 0 Å². The third kappa shape index (κ3) is 6.23. The summed E-state index contributed by atoms with van der Waals surface area (Å²) in [5, 5.41) is 19.6. The molecule has 5 N–H and O–H groups in total. The molecule has 0 amide bonds. The molecule has 0 heterocycles. The molecule has 0 aliphatic heterocycles. The van der Waals surface area contributed by atoms with Crippen molar-refractivity contribution in [2.45, 2.75) is 30.6 Å². The molecule has 3 aromatic rings. The second-order valence-corrected chi connectivity index (χ2v) is 12.7. The molecular formula is C21H23N3O10S3. The highest BCUT2D eigenvalue weighted by molar-refractivity contribution is 7.92. The van der Waals surface area contributed by atoms with Gasteiger partial charge >= 0.3 is 10.4 Å². The van der Waals surface area contributed by atoms with E-state index in [0.29, 0.717) is 16.3 Å². The van der Waals surface area contributed by atoms with Crippen LogP contribution in [0.4, 0.5) is 17.1 Å². The maximum absolute atomic E-state index is 12.8. The number of benzene rings is 3. The molecule has 0 atom stereocenters. The summed E-state index contributed by atoms with van der Waals surface area (Å²) in [6, 6.07) is 6.57. The summed E-state index contributed by atoms with van der Waals surface area (Å²) >= 11 is 0. The minimum atomic E-state index is -5.03. The lowest BCUT2D eigenvalue weighted by Gasteiger charge is -2.12. The summed E-state index contributed by atoms with van der Waals surface area (Å²) in [6.07, 6.45) is 0. The molecule has 0 aliphatic carbocycles. The minimum Gasteiger partial charge on any atom is -0.507 e. The topological polar surface area (TPSA) is 223 Å². The molecule has 37 heavy (non-hydrogen) atoms. The number of hydrogen-bond acceptors (Lipinski definition) is 11. The van der Waals surface area contributed by atoms with Crippen molar-refractivity contribution in [1.82, 2.24) is 0 Å². The Bertz CT molecular complexity index is 1770. The molecule has 16 heteroatoms. The van der Waals surface area contributed by atoms with E-state index in [1.165, 1.54) is 13.0 Å². The van der Waals surface area contributed by atoms with Crippen LogP contribution in [-0.2, 0) is 34.5 Å². The maximum Gasteiger partial charge on any atom is 0.397 e. The van der Waals surface area contributed by atoms with Crippen molar-refractivity contribution in [3.63, 3.8) is 0 Å². The fourth-order valence-corrected chi connectivity index (χ4v) is 6.38. The Morgan fingerprint density at radius 2 is 1.51 bits per heavy atom. The van der Waals surface area contributed by atoms with Gasteiger partial charge in [0.1, 0.15) is 16.3 Å². The number of sulfone groups is 1. The number of hydrogen-bond donors (Lipinski definition) is 4. The van der Waals surface area contributed by atoms with Gasteiger partial charge in [0.2, 0.25) is 0 Å². The van der Waals surface area contributed by atoms with Crippen molar-refractivity contribution in [2.75, 3.05) is 18.1 Å². The van der Waals surface area contributed by atoms with Crippen molar-refractivity contribution in [1.29, 1.82) is 0 Å². The van der Waals surface area contributed by atoms with E-state index in [9.17, 15) is 34.9 Å². The average Bonchev–Trinajstić information content (AvgIpc) is 2.75. The molecule has 0 fully saturated rings. The lowest BCUT2D eigenvalue weighted by Crippen LogP contribution is -2.18. The van der Waals surface area contributed by atoms with Crippen LogP contribution in [0.3, 0.4) is 0 Å². The van der Waals surface area contributed by atoms with Gasteiger partial charge in [-0.05, 0) is 67.8 Å². The molecule has 3 aromatic carbocycles. The first-order valence-electron chi connectivity index (χ1n) is 10.3. The summed E-state index contributed by atoms with van der Waals surface area (Å²) in [5.41, 5.74) is 7.86. The second-order valence-electron chi connectivity index (χ2n) is 8.09. The van der Waals surface area contributed by atoms with E-state index in [4.69, 9.17) is 10.3 Å². The number of phenolic OH excluding ortho intramolecular Hbond substituents is 1. The molecule has 0 spiro atoms. The van der Waals surface area contributed by atoms with E-state index in [0.717, 1.165) is 17.7 Å². The number of rotatable bonds is 8. The lowest BCUT2D eigenvalue weighted by molar-refractivity contribution is 0.284. The first kappa shape index (κ1) is 28.4. The van der Waals surface area contributed by atoms with Gasteiger partial charge in [-0.15, -0.1) is 5.11 Å². The zero-order valence-electron chi connectivity index (χ0n) is 19.7. The predicted molar refractivity (Wildman–Crippen MR) is 134 cm³/mol. The smallest absolute Gasteiger partial charge is 0.397 e. The van der Waals surface area contributed by atoms with Crippen molar-refractivity contribution >= 4 is 58.2 Å². The molecule has 0 unspecified atom stereocenters. The lowest BCUT2D eigenvalue weighted by atomic mass is 9.99. The highest BCUT2D eigenvalue weighted by Gasteiger charge is 2.27. The summed E-state index contributed by atoms with van der Waals surface area (Å²) in [6.45, 7) is 3.89. The van der Waals surface area contributed by atoms with Gasteiger partial charge in [0, 0.05) is 10.8 Å². The highest BCUT2D eigenvalue weighted by Crippen LogP contribution is 2.40. The normalized spacial score (nSPS) is 13.0. The first-order chi connectivity index (χ1) is 16.9. The van der Waals surface area contributed by atoms with Crippen molar-refractivity contribution in [3.8, 4) is 5.75 Å². The van der Waals surface area contributed by atoms with Crippen LogP contribution in [0.5, 0.6) is 5.75 Å². The van der Waals surface area contributed by atoms with Crippen LogP contribution in [0.2, 0.25) is 0 Å². The van der Waals surface area contributed by atoms with Crippen molar-refractivity contribution in [2.24, 2.45) is 10.2 Å². The quantitative estimate of drug-likeness (QED) is 0.174. The van der Waals surface area contributed by atoms with E-state index >= 15 is 0 Å². The summed E-state index contributed by atoms with van der Waals surface area (Å²) < 4.78 is 93.1. The Morgan fingerprint density at radius 1 is 0.865 bits per heavy atom. The molecule has 3 rings (SSSR count). The maximum atomic E-state index is 12.8. The molecule has 13 nitrogen and oxygen atoms in total. The number of phenols is 1. The Balaban J connectivity index is 2.17. The van der Waals surface area contributed by atoms with E-state index in [1.807, 2.05) is 0 Å². The van der Waals surface area contributed by atoms with Gasteiger partial charge in [0.15, 0.2) is 9.84 Å². The third-order valence-electron chi connectivity index (χ3n) is 5.53. The van der Waals surface area contributed by atoms with Crippen LogP contribution in [-0.4, -0.2) is 51.8 Å². The number of aryl methyl sites for hydroxylation is 2. The van der Waals surface area contributed by atoms with Gasteiger partial charge < -0.3 is 10.8 Å². The third-order valence-corrected chi connectivity index (χ3v) is 8.73. The van der Waals surface area contributed by atoms with Crippen molar-refractivity contribution in [3.05, 3.63) is 47.0 Å². The summed E-state index contributed by atoms with van der Waals surface area (Å²) in [5.74, 6) is -1.02. The van der Waals surface area contributed by atoms with Crippen LogP contribution in [0.15, 0.2) is 50.4 Å². The molecule has 0 aromatic heterocycles. The molecule has 0 radical (unpaired) electrons. The van der Waals surface area contributed by atoms with Gasteiger partial charge in [-0.25, -0.2) is 12.6 Å². The zero-order valence-corrected chi connectivity index (χ0v) is 22.1. The first-order valence-corrected chi connectivity index (χ1v) is 14.8. The van der Waals surface area contributed by atoms with Crippen LogP contribution in [0.25, 0.3) is 10.8 Å². The van der Waals surface area contributed by atoms with E-state index in [-0.39, 0.29) is 28.4 Å². The van der Waals surface area contributed by atoms with E-state index in [2.05, 4.69) is 14.4 Å². The van der Waals surface area contributed by atoms with Gasteiger partial charge in [-0.2, -0.15) is 21.9 Å². The SMILES string of the molecule is Cc1cc(S(=O)(=O)O)c(S(=O)(=O)CCOS(=O)(=O)O)cc1N=Nc1c(N)ccc2c(O)c(C)c(C)cc12. The van der Waals surface area contributed by atoms with Crippen LogP contribution in [0, 0.1) is 20.8 Å². The van der Waals surface area contributed by atoms with Crippen LogP contribution >= 0.6 is 0 Å². The Hall–Kier alpha value is -3.15. The fourth-order valence-electron chi connectivity index (χ4n) is 3.47. The average molecular weight is 574 g/mol. The number of nitrogen functional groups attached to an aromatic ring is 1. The molecule has 0 aliphatic rings. The van der Waals surface area contributed by atoms with E-state index in [1.54, 1.807) is 26.0 Å². The van der Waals surface area contributed by atoms with Crippen LogP contribution < -0.4 is 5.73 Å². The van der Waals surface area contributed by atoms with Crippen LogP contribution in [0.1, 0.15) is 16.7 Å². The fraction of sp³-hybridized carbons (Fsp3) is 0.238. The summed E-state index contributed by atoms with van der Waals surface area (Å²) in [7, 11) is -14.6. The van der Waals surface area contributed by atoms with Gasteiger partial charge in [0.25, 0.3) is 10.1 Å². The Morgan fingerprint density at radius 3 is 2.11 bits per heavy atom. The Kier molecular flexibility index (Phi) is 7.65. The molecular weight excluding hydrogens is 550 g/mol. The van der Waals surface area contributed by atoms with Gasteiger partial charge in [-0.3, -0.25) is 9.11 Å². The molecule has 0 saturated heterocycles. The number of anilines is 1. The summed E-state index contributed by atoms with van der Waals surface area (Å²) in [4.78, 5) is -1.85. The molecule has 0 bridgehead atoms. The number of nitrogens with two attached hydrogens (primary N) is 1. The molecule has 0 saturated carbocycles. The largest absolute Gasteiger partial charge is 0.507 e. The number of nitrogens with zero attached hydrogens (tertiary/aromatic N) is 2. The number of fused-ring (bicyclic) bond motifs is 1. The zero-order chi connectivity index (χ0) is 27.9. The van der Waals surface area contributed by atoms with E-state index < -0.39 is 52.5 Å². The minimum absolute atomic E-state index is 0.0284. The van der Waals surface area contributed by atoms with Gasteiger partial charge in [0.05, 0.1) is 28.6 Å². The number of aromatic hydroxyl groups is 1. The predicted octanol–water partition coefficient (Wildman–Crippen LogP) is 3.31. The number of azo groups is 1. The molecule has 200 valence electrons. The highest BCUT2D eigenvalue weighted by atomic mass is 32.3. The van der Waals surface area contributed by atoms with Crippen molar-refractivity contribution < 1.29 is 43.6 Å². The standard InChI is InChI=1S/C21H23N3O10S3/c1-11-8-15-14(21(25)13(11)3)4-5-16(22)20(15)24-23-17-10-18(19(9-12(17)2)36(28,29)30)35(26,27)7-6-34-37(31,32)33/h4-5,8-10,25H,6-7,22H2,1-3H3,(H,28,29,30)(H,31,32,33). The monoisotopic (exact) mass is 573 g/mol. The second kappa shape index (κ2) is 9.96.